The maximum atomic E-state index is 12.5. The summed E-state index contributed by atoms with van der Waals surface area (Å²) in [6.45, 7) is 13.0. The van der Waals surface area contributed by atoms with Crippen LogP contribution < -0.4 is 4.90 Å². The van der Waals surface area contributed by atoms with Crippen LogP contribution in [0.25, 0.3) is 0 Å². The molecule has 1 aromatic rings. The predicted octanol–water partition coefficient (Wildman–Crippen LogP) is 4.01. The topological polar surface area (TPSA) is 37.4 Å². The van der Waals surface area contributed by atoms with Crippen LogP contribution in [0.5, 0.6) is 0 Å². The molecule has 2 rings (SSSR count). The maximum Gasteiger partial charge on any atom is 0.237 e. The molecule has 1 saturated heterocycles. The Morgan fingerprint density at radius 1 is 1.13 bits per heavy atom. The highest BCUT2D eigenvalue weighted by Crippen LogP contribution is 2.41. The van der Waals surface area contributed by atoms with E-state index in [0.717, 1.165) is 7.28 Å². The van der Waals surface area contributed by atoms with E-state index in [9.17, 15) is 9.59 Å². The van der Waals surface area contributed by atoms with Gasteiger partial charge < -0.3 is 0 Å². The molecule has 2 unspecified atom stereocenters. The Bertz CT molecular complexity index is 592. The number of amides is 2. The molecule has 1 fully saturated rings. The van der Waals surface area contributed by atoms with Crippen LogP contribution in [0.3, 0.4) is 0 Å². The lowest BCUT2D eigenvalue weighted by Gasteiger charge is -2.30. The summed E-state index contributed by atoms with van der Waals surface area (Å²) in [5.41, 5.74) is 1.95. The molecule has 0 radical (unpaired) electrons. The van der Waals surface area contributed by atoms with E-state index in [1.54, 1.807) is 0 Å². The number of imide groups is 1. The van der Waals surface area contributed by atoms with Gasteiger partial charge in [0, 0.05) is 6.42 Å². The monoisotopic (exact) mass is 313 g/mol. The van der Waals surface area contributed by atoms with Crippen LogP contribution in [0.2, 0.25) is 12.1 Å². The summed E-state index contributed by atoms with van der Waals surface area (Å²) in [5, 5.41) is 0.226. The second-order valence-electron chi connectivity index (χ2n) is 7.78. The number of nitrogens with zero attached hydrogens (tertiary/aromatic N) is 1. The highest BCUT2D eigenvalue weighted by atomic mass is 16.2. The van der Waals surface area contributed by atoms with E-state index in [-0.39, 0.29) is 29.0 Å². The lowest BCUT2D eigenvalue weighted by atomic mass is 9.50. The largest absolute Gasteiger partial charge is 0.274 e. The summed E-state index contributed by atoms with van der Waals surface area (Å²) < 4.78 is 0. The number of anilines is 1. The third-order valence-electron chi connectivity index (χ3n) is 5.72. The molecule has 0 spiro atoms. The molecule has 1 aliphatic heterocycles. The first kappa shape index (κ1) is 17.8. The van der Waals surface area contributed by atoms with Crippen LogP contribution in [0.4, 0.5) is 5.69 Å². The normalized spacial score (nSPS) is 20.3. The van der Waals surface area contributed by atoms with Gasteiger partial charge in [-0.1, -0.05) is 58.9 Å². The Kier molecular flexibility index (Phi) is 5.03. The van der Waals surface area contributed by atoms with Crippen molar-refractivity contribution in [2.24, 2.45) is 11.8 Å². The van der Waals surface area contributed by atoms with Crippen LogP contribution in [-0.4, -0.2) is 19.1 Å². The van der Waals surface area contributed by atoms with Gasteiger partial charge in [0.2, 0.25) is 11.8 Å². The minimum absolute atomic E-state index is 0.0558. The van der Waals surface area contributed by atoms with Crippen molar-refractivity contribution in [3.05, 3.63) is 29.8 Å². The van der Waals surface area contributed by atoms with Gasteiger partial charge in [-0.3, -0.25) is 14.5 Å². The summed E-state index contributed by atoms with van der Waals surface area (Å²) >= 11 is 0. The summed E-state index contributed by atoms with van der Waals surface area (Å²) in [7, 11) is 1.11. The molecular weight excluding hydrogens is 285 g/mol. The highest BCUT2D eigenvalue weighted by Gasteiger charge is 2.40. The molecule has 2 atom stereocenters. The number of carbonyl (C=O) groups is 2. The Hall–Kier alpha value is -1.58. The molecule has 124 valence electrons. The Morgan fingerprint density at radius 2 is 1.70 bits per heavy atom. The smallest absolute Gasteiger partial charge is 0.237 e. The zero-order valence-corrected chi connectivity index (χ0v) is 15.2. The van der Waals surface area contributed by atoms with Gasteiger partial charge in [-0.2, -0.15) is 0 Å². The first-order valence-corrected chi connectivity index (χ1v) is 8.65. The molecule has 1 aromatic carbocycles. The molecule has 0 saturated carbocycles. The molecule has 3 nitrogen and oxygen atoms in total. The fraction of sp³-hybridized carbons (Fsp3) is 0.579. The van der Waals surface area contributed by atoms with Gasteiger partial charge in [0.1, 0.15) is 7.28 Å². The van der Waals surface area contributed by atoms with Crippen molar-refractivity contribution in [2.75, 3.05) is 4.90 Å². The molecule has 2 amide bonds. The summed E-state index contributed by atoms with van der Waals surface area (Å²) in [4.78, 5) is 26.1. The first-order chi connectivity index (χ1) is 10.7. The van der Waals surface area contributed by atoms with Crippen molar-refractivity contribution < 1.29 is 9.59 Å². The van der Waals surface area contributed by atoms with Crippen LogP contribution >= 0.6 is 0 Å². The summed E-state index contributed by atoms with van der Waals surface area (Å²) in [6, 6.07) is 7.94. The molecule has 4 heteroatoms. The zero-order chi connectivity index (χ0) is 17.4. The van der Waals surface area contributed by atoms with Crippen molar-refractivity contribution in [3.63, 3.8) is 0 Å². The Morgan fingerprint density at radius 3 is 2.13 bits per heavy atom. The SMILES string of the molecule is CBC(C)(C)C(C)c1ccc(N2C(=O)CC(C(C)C)C2=O)cc1. The van der Waals surface area contributed by atoms with Crippen molar-refractivity contribution in [3.8, 4) is 0 Å². The van der Waals surface area contributed by atoms with Crippen LogP contribution in [0.15, 0.2) is 24.3 Å². The number of hydrogen-bond donors (Lipinski definition) is 0. The molecule has 23 heavy (non-hydrogen) atoms. The maximum absolute atomic E-state index is 12.5. The van der Waals surface area contributed by atoms with Crippen LogP contribution in [0.1, 0.15) is 52.5 Å². The van der Waals surface area contributed by atoms with Crippen molar-refractivity contribution >= 4 is 24.8 Å². The fourth-order valence-corrected chi connectivity index (χ4v) is 3.12. The lowest BCUT2D eigenvalue weighted by Crippen LogP contribution is -2.31. The van der Waals surface area contributed by atoms with E-state index in [4.69, 9.17) is 0 Å². The minimum Gasteiger partial charge on any atom is -0.274 e. The molecule has 0 N–H and O–H groups in total. The van der Waals surface area contributed by atoms with Gasteiger partial charge in [-0.25, -0.2) is 0 Å². The van der Waals surface area contributed by atoms with Gasteiger partial charge in [-0.05, 0) is 29.5 Å². The molecule has 0 aromatic heterocycles. The summed E-state index contributed by atoms with van der Waals surface area (Å²) in [6.07, 6.45) is 0.331. The van der Waals surface area contributed by atoms with E-state index in [2.05, 4.69) is 39.7 Å². The van der Waals surface area contributed by atoms with Gasteiger partial charge in [0.05, 0.1) is 11.6 Å². The number of rotatable bonds is 5. The van der Waals surface area contributed by atoms with Crippen molar-refractivity contribution in [1.82, 2.24) is 0 Å². The lowest BCUT2D eigenvalue weighted by molar-refractivity contribution is -0.122. The molecular formula is C19H28BNO2. The van der Waals surface area contributed by atoms with Gasteiger partial charge in [0.15, 0.2) is 0 Å². The quantitative estimate of drug-likeness (QED) is 0.608. The second-order valence-corrected chi connectivity index (χ2v) is 7.78. The van der Waals surface area contributed by atoms with E-state index in [1.165, 1.54) is 10.5 Å². The number of benzene rings is 1. The molecule has 0 bridgehead atoms. The van der Waals surface area contributed by atoms with Crippen LogP contribution in [-0.2, 0) is 9.59 Å². The fourth-order valence-electron chi connectivity index (χ4n) is 3.12. The molecule has 0 aliphatic carbocycles. The third kappa shape index (κ3) is 3.36. The van der Waals surface area contributed by atoms with E-state index < -0.39 is 0 Å². The molecule has 1 aliphatic rings. The van der Waals surface area contributed by atoms with Crippen molar-refractivity contribution in [1.29, 1.82) is 0 Å². The third-order valence-corrected chi connectivity index (χ3v) is 5.72. The standard InChI is InChI=1S/C19H28BNO2/c1-12(2)16-11-17(22)21(18(16)23)15-9-7-14(8-10-15)13(3)19(4,5)20-6/h7-10,12-13,16,20H,11H2,1-6H3. The molecule has 1 heterocycles. The van der Waals surface area contributed by atoms with Crippen LogP contribution in [0, 0.1) is 11.8 Å². The number of hydrogen-bond acceptors (Lipinski definition) is 2. The van der Waals surface area contributed by atoms with Crippen molar-refractivity contribution in [2.45, 2.75) is 59.1 Å². The minimum atomic E-state index is -0.180. The Labute approximate surface area is 140 Å². The summed E-state index contributed by atoms with van der Waals surface area (Å²) in [5.74, 6) is 0.305. The Balaban J connectivity index is 2.23. The van der Waals surface area contributed by atoms with Gasteiger partial charge in [-0.15, -0.1) is 0 Å². The van der Waals surface area contributed by atoms with E-state index in [0.29, 0.717) is 18.0 Å². The zero-order valence-electron chi connectivity index (χ0n) is 15.2. The van der Waals surface area contributed by atoms with E-state index in [1.807, 2.05) is 26.0 Å². The second kappa shape index (κ2) is 6.50. The van der Waals surface area contributed by atoms with Gasteiger partial charge in [0.25, 0.3) is 0 Å². The highest BCUT2D eigenvalue weighted by molar-refractivity contribution is 6.38. The average molecular weight is 313 g/mol. The predicted molar refractivity (Wildman–Crippen MR) is 97.3 cm³/mol. The number of carbonyl (C=O) groups excluding carboxylic acids is 2. The van der Waals surface area contributed by atoms with E-state index >= 15 is 0 Å². The average Bonchev–Trinajstić information content (AvgIpc) is 2.82. The van der Waals surface area contributed by atoms with Gasteiger partial charge >= 0.3 is 0 Å². The first-order valence-electron chi connectivity index (χ1n) is 8.65.